The number of rotatable bonds is 3. The molecule has 0 atom stereocenters. The minimum absolute atomic E-state index is 0.0782. The van der Waals surface area contributed by atoms with Gasteiger partial charge in [-0.2, -0.15) is 5.10 Å². The number of halogens is 1. The second-order valence-electron chi connectivity index (χ2n) is 5.12. The number of carbonyl (C=O) groups excluding carboxylic acids is 1. The normalized spacial score (nSPS) is 11.0. The van der Waals surface area contributed by atoms with E-state index in [1.807, 2.05) is 61.1 Å². The number of ketones is 1. The zero-order valence-electron chi connectivity index (χ0n) is 11.9. The second-order valence-corrected chi connectivity index (χ2v) is 5.92. The van der Waals surface area contributed by atoms with Crippen LogP contribution in [-0.2, 0) is 13.5 Å². The molecule has 0 N–H and O–H groups in total. The molecule has 0 saturated heterocycles. The molecule has 0 aliphatic carbocycles. The van der Waals surface area contributed by atoms with Crippen molar-refractivity contribution in [2.75, 3.05) is 0 Å². The first-order chi connectivity index (χ1) is 10.1. The van der Waals surface area contributed by atoms with Gasteiger partial charge in [0.2, 0.25) is 0 Å². The summed E-state index contributed by atoms with van der Waals surface area (Å²) in [4.78, 5) is 12.6. The molecule has 0 saturated carbocycles. The van der Waals surface area contributed by atoms with Crippen LogP contribution in [0.5, 0.6) is 0 Å². The van der Waals surface area contributed by atoms with Gasteiger partial charge in [-0.3, -0.25) is 9.48 Å². The molecule has 0 unspecified atom stereocenters. The highest BCUT2D eigenvalue weighted by Gasteiger charge is 2.16. The molecule has 3 rings (SSSR count). The van der Waals surface area contributed by atoms with Crippen LogP contribution in [0.1, 0.15) is 21.6 Å². The van der Waals surface area contributed by atoms with Crippen molar-refractivity contribution in [1.29, 1.82) is 0 Å². The van der Waals surface area contributed by atoms with E-state index >= 15 is 0 Å². The van der Waals surface area contributed by atoms with Crippen molar-refractivity contribution in [1.82, 2.24) is 9.78 Å². The van der Waals surface area contributed by atoms with Crippen molar-refractivity contribution in [3.05, 3.63) is 63.8 Å². The van der Waals surface area contributed by atoms with Crippen LogP contribution >= 0.6 is 15.9 Å². The topological polar surface area (TPSA) is 34.9 Å². The molecule has 0 bridgehead atoms. The first-order valence-electron chi connectivity index (χ1n) is 6.77. The number of hydrogen-bond donors (Lipinski definition) is 0. The van der Waals surface area contributed by atoms with Gasteiger partial charge in [0.25, 0.3) is 0 Å². The van der Waals surface area contributed by atoms with Gasteiger partial charge in [-0.05, 0) is 34.5 Å². The Morgan fingerprint density at radius 1 is 1.19 bits per heavy atom. The molecule has 1 heterocycles. The van der Waals surface area contributed by atoms with Crippen LogP contribution in [0, 0.1) is 6.92 Å². The van der Waals surface area contributed by atoms with E-state index in [9.17, 15) is 4.79 Å². The highest BCUT2D eigenvalue weighted by Crippen LogP contribution is 2.24. The molecule has 0 radical (unpaired) electrons. The van der Waals surface area contributed by atoms with E-state index in [0.717, 1.165) is 26.6 Å². The van der Waals surface area contributed by atoms with Crippen molar-refractivity contribution in [3.63, 3.8) is 0 Å². The molecular formula is C17H15BrN2O. The largest absolute Gasteiger partial charge is 0.294 e. The van der Waals surface area contributed by atoms with E-state index in [4.69, 9.17) is 0 Å². The monoisotopic (exact) mass is 342 g/mol. The van der Waals surface area contributed by atoms with Gasteiger partial charge in [0.1, 0.15) is 0 Å². The van der Waals surface area contributed by atoms with Gasteiger partial charge in [0, 0.05) is 22.5 Å². The lowest BCUT2D eigenvalue weighted by molar-refractivity contribution is 0.0991. The smallest absolute Gasteiger partial charge is 0.170 e. The summed E-state index contributed by atoms with van der Waals surface area (Å²) in [5.74, 6) is 0.0782. The summed E-state index contributed by atoms with van der Waals surface area (Å²) in [6.45, 7) is 1.98. The van der Waals surface area contributed by atoms with E-state index in [2.05, 4.69) is 21.0 Å². The number of fused-ring (bicyclic) bond motifs is 1. The van der Waals surface area contributed by atoms with Crippen molar-refractivity contribution < 1.29 is 4.79 Å². The van der Waals surface area contributed by atoms with Crippen LogP contribution in [0.3, 0.4) is 0 Å². The Morgan fingerprint density at radius 3 is 2.76 bits per heavy atom. The maximum atomic E-state index is 12.6. The highest BCUT2D eigenvalue weighted by molar-refractivity contribution is 9.10. The van der Waals surface area contributed by atoms with Gasteiger partial charge in [-0.25, -0.2) is 0 Å². The molecule has 21 heavy (non-hydrogen) atoms. The molecule has 3 nitrogen and oxygen atoms in total. The molecule has 2 aromatic carbocycles. The Balaban J connectivity index is 1.99. The number of carbonyl (C=O) groups is 1. The number of benzene rings is 2. The lowest BCUT2D eigenvalue weighted by atomic mass is 10.0. The van der Waals surface area contributed by atoms with Crippen molar-refractivity contribution in [2.45, 2.75) is 13.3 Å². The maximum absolute atomic E-state index is 12.6. The Kier molecular flexibility index (Phi) is 3.64. The summed E-state index contributed by atoms with van der Waals surface area (Å²) in [6.07, 6.45) is 0.309. The van der Waals surface area contributed by atoms with E-state index in [0.29, 0.717) is 12.0 Å². The molecule has 106 valence electrons. The minimum Gasteiger partial charge on any atom is -0.294 e. The summed E-state index contributed by atoms with van der Waals surface area (Å²) in [5, 5.41) is 5.53. The number of aryl methyl sites for hydroxylation is 2. The van der Waals surface area contributed by atoms with Gasteiger partial charge < -0.3 is 0 Å². The quantitative estimate of drug-likeness (QED) is 0.672. The van der Waals surface area contributed by atoms with Crippen LogP contribution in [-0.4, -0.2) is 15.6 Å². The third-order valence-corrected chi connectivity index (χ3v) is 4.71. The SMILES string of the molecule is Cc1cccc(C(=O)Cc2nn(C)c3ccccc23)c1Br. The Labute approximate surface area is 131 Å². The molecule has 4 heteroatoms. The summed E-state index contributed by atoms with van der Waals surface area (Å²) in [6, 6.07) is 13.7. The summed E-state index contributed by atoms with van der Waals surface area (Å²) in [5.41, 5.74) is 3.64. The third-order valence-electron chi connectivity index (χ3n) is 3.65. The fourth-order valence-corrected chi connectivity index (χ4v) is 3.01. The van der Waals surface area contributed by atoms with Crippen molar-refractivity contribution in [2.24, 2.45) is 7.05 Å². The number of nitrogens with zero attached hydrogens (tertiary/aromatic N) is 2. The van der Waals surface area contributed by atoms with Crippen LogP contribution < -0.4 is 0 Å². The molecule has 0 aliphatic heterocycles. The van der Waals surface area contributed by atoms with E-state index in [-0.39, 0.29) is 5.78 Å². The van der Waals surface area contributed by atoms with Crippen molar-refractivity contribution >= 4 is 32.6 Å². The number of Topliss-reactive ketones (excluding diaryl/α,β-unsaturated/α-hetero) is 1. The maximum Gasteiger partial charge on any atom is 0.170 e. The Morgan fingerprint density at radius 2 is 1.95 bits per heavy atom. The molecule has 0 fully saturated rings. The van der Waals surface area contributed by atoms with E-state index in [1.54, 1.807) is 0 Å². The van der Waals surface area contributed by atoms with Gasteiger partial charge in [0.15, 0.2) is 5.78 Å². The van der Waals surface area contributed by atoms with Crippen LogP contribution in [0.4, 0.5) is 0 Å². The fourth-order valence-electron chi connectivity index (χ4n) is 2.53. The molecule has 0 aliphatic rings. The molecule has 0 amide bonds. The summed E-state index contributed by atoms with van der Waals surface area (Å²) < 4.78 is 2.69. The number of aromatic nitrogens is 2. The van der Waals surface area contributed by atoms with Gasteiger partial charge >= 0.3 is 0 Å². The lowest BCUT2D eigenvalue weighted by Gasteiger charge is -2.05. The average Bonchev–Trinajstić information content (AvgIpc) is 2.79. The van der Waals surface area contributed by atoms with E-state index in [1.165, 1.54) is 0 Å². The van der Waals surface area contributed by atoms with Gasteiger partial charge in [-0.15, -0.1) is 0 Å². The number of para-hydroxylation sites is 1. The second kappa shape index (κ2) is 5.45. The molecule has 3 aromatic rings. The number of hydrogen-bond acceptors (Lipinski definition) is 2. The average molecular weight is 343 g/mol. The van der Waals surface area contributed by atoms with Gasteiger partial charge in [-0.1, -0.05) is 36.4 Å². The van der Waals surface area contributed by atoms with Crippen LogP contribution in [0.15, 0.2) is 46.9 Å². The lowest BCUT2D eigenvalue weighted by Crippen LogP contribution is -2.06. The van der Waals surface area contributed by atoms with Gasteiger partial charge in [0.05, 0.1) is 17.6 Å². The Bertz CT molecular complexity index is 836. The predicted molar refractivity (Wildman–Crippen MR) is 87.6 cm³/mol. The molecular weight excluding hydrogens is 328 g/mol. The first kappa shape index (κ1) is 14.0. The fraction of sp³-hybridized carbons (Fsp3) is 0.176. The van der Waals surface area contributed by atoms with Crippen LogP contribution in [0.2, 0.25) is 0 Å². The summed E-state index contributed by atoms with van der Waals surface area (Å²) >= 11 is 3.50. The first-order valence-corrected chi connectivity index (χ1v) is 7.56. The molecule has 1 aromatic heterocycles. The van der Waals surface area contributed by atoms with E-state index < -0.39 is 0 Å². The zero-order chi connectivity index (χ0) is 15.0. The molecule has 0 spiro atoms. The highest BCUT2D eigenvalue weighted by atomic mass is 79.9. The van der Waals surface area contributed by atoms with Crippen molar-refractivity contribution in [3.8, 4) is 0 Å². The Hall–Kier alpha value is -1.94. The predicted octanol–water partition coefficient (Wildman–Crippen LogP) is 4.07. The minimum atomic E-state index is 0.0782. The standard InChI is InChI=1S/C17H15BrN2O/c1-11-6-5-8-13(17(11)18)16(21)10-14-12-7-3-4-9-15(12)20(2)19-14/h3-9H,10H2,1-2H3. The summed E-state index contributed by atoms with van der Waals surface area (Å²) in [7, 11) is 1.90. The third kappa shape index (κ3) is 2.51. The zero-order valence-corrected chi connectivity index (χ0v) is 13.5. The van der Waals surface area contributed by atoms with Crippen LogP contribution in [0.25, 0.3) is 10.9 Å².